The molecule has 10 heteroatoms. The molecule has 98 valence electrons. The van der Waals surface area contributed by atoms with Crippen molar-refractivity contribution >= 4 is 17.5 Å². The van der Waals surface area contributed by atoms with Crippen molar-refractivity contribution in [3.8, 4) is 0 Å². The van der Waals surface area contributed by atoms with Gasteiger partial charge in [0.15, 0.2) is 6.79 Å². The highest BCUT2D eigenvalue weighted by Crippen LogP contribution is 2.45. The van der Waals surface area contributed by atoms with Crippen LogP contribution in [0.3, 0.4) is 0 Å². The van der Waals surface area contributed by atoms with Crippen molar-refractivity contribution < 1.29 is 34.9 Å². The first kappa shape index (κ1) is 15.9. The lowest BCUT2D eigenvalue weighted by Gasteiger charge is -2.15. The molecule has 0 fully saturated rings. The minimum absolute atomic E-state index is 0.0962. The fourth-order valence-corrected chi connectivity index (χ4v) is 2.09. The average Bonchev–Trinajstić information content (AvgIpc) is 2.15. The van der Waals surface area contributed by atoms with Crippen molar-refractivity contribution in [3.05, 3.63) is 0 Å². The molecule has 0 rings (SSSR count). The molecule has 0 N–H and O–H groups in total. The first-order valence-electron chi connectivity index (χ1n) is 4.26. The van der Waals surface area contributed by atoms with Crippen molar-refractivity contribution in [3.63, 3.8) is 0 Å². The van der Waals surface area contributed by atoms with Gasteiger partial charge in [-0.2, -0.15) is 21.6 Å². The summed E-state index contributed by atoms with van der Waals surface area (Å²) < 4.78 is 75.7. The molecule has 0 saturated heterocycles. The Labute approximate surface area is 91.5 Å². The lowest BCUT2D eigenvalue weighted by Crippen LogP contribution is -2.26. The Hall–Kier alpha value is -0.110. The van der Waals surface area contributed by atoms with Crippen LogP contribution in [-0.4, -0.2) is 33.0 Å². The monoisotopic (exact) mass is 284 g/mol. The molecule has 0 heterocycles. The van der Waals surface area contributed by atoms with Crippen molar-refractivity contribution in [1.29, 1.82) is 0 Å². The van der Waals surface area contributed by atoms with E-state index in [0.29, 0.717) is 0 Å². The SMILES string of the molecule is CCP(=O)(CC)OCOS(=O)(=O)C(F)(F)F. The van der Waals surface area contributed by atoms with E-state index in [1.807, 2.05) is 0 Å². The summed E-state index contributed by atoms with van der Waals surface area (Å²) in [5.41, 5.74) is -5.50. The molecule has 0 aromatic rings. The molecule has 0 saturated carbocycles. The van der Waals surface area contributed by atoms with E-state index in [-0.39, 0.29) is 12.3 Å². The molecule has 0 aliphatic carbocycles. The molecule has 0 atom stereocenters. The maximum absolute atomic E-state index is 11.8. The van der Waals surface area contributed by atoms with Crippen LogP contribution in [0.5, 0.6) is 0 Å². The number of hydrogen-bond acceptors (Lipinski definition) is 5. The molecule has 5 nitrogen and oxygen atoms in total. The van der Waals surface area contributed by atoms with E-state index in [0.717, 1.165) is 0 Å². The van der Waals surface area contributed by atoms with Crippen LogP contribution in [0, 0.1) is 0 Å². The van der Waals surface area contributed by atoms with Crippen molar-refractivity contribution in [2.75, 3.05) is 19.1 Å². The van der Waals surface area contributed by atoms with Gasteiger partial charge in [-0.1, -0.05) is 13.8 Å². The molecule has 0 aliphatic rings. The fraction of sp³-hybridized carbons (Fsp3) is 1.00. The second-order valence-corrected chi connectivity index (χ2v) is 7.47. The van der Waals surface area contributed by atoms with E-state index < -0.39 is 29.8 Å². The molecule has 0 unspecified atom stereocenters. The minimum Gasteiger partial charge on any atom is -0.300 e. The van der Waals surface area contributed by atoms with Gasteiger partial charge in [0.2, 0.25) is 7.37 Å². The molecule has 0 radical (unpaired) electrons. The quantitative estimate of drug-likeness (QED) is 0.323. The fourth-order valence-electron chi connectivity index (χ4n) is 0.654. The predicted molar refractivity (Wildman–Crippen MR) is 50.7 cm³/mol. The van der Waals surface area contributed by atoms with Crippen LogP contribution < -0.4 is 0 Å². The number of rotatable bonds is 6. The van der Waals surface area contributed by atoms with Gasteiger partial charge >= 0.3 is 15.6 Å². The largest absolute Gasteiger partial charge is 0.523 e. The first-order valence-corrected chi connectivity index (χ1v) is 7.66. The van der Waals surface area contributed by atoms with Crippen LogP contribution in [0.15, 0.2) is 0 Å². The van der Waals surface area contributed by atoms with Gasteiger partial charge in [0.1, 0.15) is 0 Å². The highest BCUT2D eigenvalue weighted by Gasteiger charge is 2.47. The molecule has 0 aromatic carbocycles. The Morgan fingerprint density at radius 2 is 1.62 bits per heavy atom. The summed E-state index contributed by atoms with van der Waals surface area (Å²) in [6.07, 6.45) is 0.192. The normalized spacial score (nSPS) is 14.1. The Balaban J connectivity index is 4.35. The maximum Gasteiger partial charge on any atom is 0.523 e. The zero-order valence-corrected chi connectivity index (χ0v) is 10.4. The van der Waals surface area contributed by atoms with Gasteiger partial charge < -0.3 is 0 Å². The standard InChI is InChI=1S/C6H12F3O5PS/c1-3-15(10,4-2)13-5-14-16(11,12)6(7,8)9/h3-5H2,1-2H3. The molecule has 0 bridgehead atoms. The predicted octanol–water partition coefficient (Wildman–Crippen LogP) is 2.14. The summed E-state index contributed by atoms with van der Waals surface area (Å²) >= 11 is 0. The Morgan fingerprint density at radius 3 is 1.94 bits per heavy atom. The van der Waals surface area contributed by atoms with Gasteiger partial charge in [0, 0.05) is 12.3 Å². The van der Waals surface area contributed by atoms with Gasteiger partial charge in [0.25, 0.3) is 0 Å². The number of alkyl halides is 3. The lowest BCUT2D eigenvalue weighted by molar-refractivity contribution is -0.0588. The zero-order valence-electron chi connectivity index (χ0n) is 8.65. The smallest absolute Gasteiger partial charge is 0.300 e. The topological polar surface area (TPSA) is 69.7 Å². The van der Waals surface area contributed by atoms with Crippen LogP contribution in [0.4, 0.5) is 13.2 Å². The second-order valence-electron chi connectivity index (χ2n) is 2.71. The third-order valence-electron chi connectivity index (χ3n) is 1.74. The molecule has 16 heavy (non-hydrogen) atoms. The van der Waals surface area contributed by atoms with E-state index in [4.69, 9.17) is 0 Å². The number of hydrogen-bond donors (Lipinski definition) is 0. The molecule has 0 amide bonds. The maximum atomic E-state index is 11.8. The highest BCUT2D eigenvalue weighted by atomic mass is 32.2. The number of halogens is 3. The molecular weight excluding hydrogens is 272 g/mol. The van der Waals surface area contributed by atoms with Crippen LogP contribution in [0.1, 0.15) is 13.8 Å². The Kier molecular flexibility index (Phi) is 5.45. The van der Waals surface area contributed by atoms with E-state index in [9.17, 15) is 26.2 Å². The summed E-state index contributed by atoms with van der Waals surface area (Å²) in [7, 11) is -8.76. The Morgan fingerprint density at radius 1 is 1.19 bits per heavy atom. The van der Waals surface area contributed by atoms with E-state index >= 15 is 0 Å². The zero-order chi connectivity index (χ0) is 13.0. The van der Waals surface area contributed by atoms with Crippen molar-refractivity contribution in [2.45, 2.75) is 19.4 Å². The van der Waals surface area contributed by atoms with Crippen LogP contribution in [0.2, 0.25) is 0 Å². The van der Waals surface area contributed by atoms with Crippen molar-refractivity contribution in [2.24, 2.45) is 0 Å². The first-order chi connectivity index (χ1) is 7.08. The van der Waals surface area contributed by atoms with Gasteiger partial charge in [-0.3, -0.25) is 9.09 Å². The van der Waals surface area contributed by atoms with Crippen LogP contribution >= 0.6 is 7.37 Å². The summed E-state index contributed by atoms with van der Waals surface area (Å²) in [6, 6.07) is 0. The van der Waals surface area contributed by atoms with Gasteiger partial charge in [-0.05, 0) is 0 Å². The van der Waals surface area contributed by atoms with Crippen LogP contribution in [0.25, 0.3) is 0 Å². The van der Waals surface area contributed by atoms with Gasteiger partial charge in [0.05, 0.1) is 0 Å². The third-order valence-corrected chi connectivity index (χ3v) is 5.21. The third kappa shape index (κ3) is 4.40. The van der Waals surface area contributed by atoms with Gasteiger partial charge in [-0.15, -0.1) is 0 Å². The summed E-state index contributed by atoms with van der Waals surface area (Å²) in [5, 5.41) is 0. The summed E-state index contributed by atoms with van der Waals surface area (Å²) in [4.78, 5) is 0. The van der Waals surface area contributed by atoms with Gasteiger partial charge in [-0.25, -0.2) is 4.18 Å². The minimum atomic E-state index is -5.68. The second kappa shape index (κ2) is 5.48. The summed E-state index contributed by atoms with van der Waals surface area (Å²) in [6.45, 7) is 1.84. The average molecular weight is 284 g/mol. The molecule has 0 aliphatic heterocycles. The molecular formula is C6H12F3O5PS. The lowest BCUT2D eigenvalue weighted by atomic mass is 11.0. The van der Waals surface area contributed by atoms with E-state index in [2.05, 4.69) is 8.71 Å². The van der Waals surface area contributed by atoms with E-state index in [1.54, 1.807) is 0 Å². The van der Waals surface area contributed by atoms with E-state index in [1.165, 1.54) is 13.8 Å². The Bertz CT molecular complexity index is 355. The van der Waals surface area contributed by atoms with Crippen molar-refractivity contribution in [1.82, 2.24) is 0 Å². The highest BCUT2D eigenvalue weighted by molar-refractivity contribution is 7.87. The molecule has 0 aromatic heterocycles. The van der Waals surface area contributed by atoms with Crippen LogP contribution in [-0.2, 0) is 23.4 Å². The molecule has 0 spiro atoms. The summed E-state index contributed by atoms with van der Waals surface area (Å²) in [5.74, 6) is 0.